The number of aromatic nitrogens is 3. The van der Waals surface area contributed by atoms with Gasteiger partial charge in [-0.05, 0) is 54.8 Å². The van der Waals surface area contributed by atoms with E-state index in [9.17, 15) is 13.2 Å². The molecule has 3 aliphatic rings. The van der Waals surface area contributed by atoms with Crippen molar-refractivity contribution in [2.24, 2.45) is 0 Å². The first-order chi connectivity index (χ1) is 19.7. The van der Waals surface area contributed by atoms with Crippen molar-refractivity contribution < 1.29 is 27.4 Å². The Morgan fingerprint density at radius 3 is 2.63 bits per heavy atom. The van der Waals surface area contributed by atoms with Gasteiger partial charge < -0.3 is 24.8 Å². The molecule has 2 aliphatic heterocycles. The molecule has 1 saturated heterocycles. The van der Waals surface area contributed by atoms with Gasteiger partial charge in [0.1, 0.15) is 10.6 Å². The molecule has 7 rings (SSSR count). The van der Waals surface area contributed by atoms with Crippen molar-refractivity contribution in [3.05, 3.63) is 59.8 Å². The predicted molar refractivity (Wildman–Crippen MR) is 150 cm³/mol. The summed E-state index contributed by atoms with van der Waals surface area (Å²) >= 11 is 0. The highest BCUT2D eigenvalue weighted by atomic mass is 32.2. The van der Waals surface area contributed by atoms with Gasteiger partial charge in [0.25, 0.3) is 0 Å². The Morgan fingerprint density at radius 1 is 1.07 bits per heavy atom. The smallest absolute Gasteiger partial charge is 0.242 e. The van der Waals surface area contributed by atoms with Gasteiger partial charge in [0, 0.05) is 29.3 Å². The molecule has 0 unspecified atom stereocenters. The van der Waals surface area contributed by atoms with Gasteiger partial charge in [-0.1, -0.05) is 6.07 Å². The Hall–Kier alpha value is -4.20. The lowest BCUT2D eigenvalue weighted by atomic mass is 9.91. The number of H-pyrrole nitrogens is 1. The predicted octanol–water partition coefficient (Wildman–Crippen LogP) is 3.16. The van der Waals surface area contributed by atoms with Crippen molar-refractivity contribution in [2.75, 3.05) is 38.1 Å². The molecule has 13 heteroatoms. The van der Waals surface area contributed by atoms with E-state index in [0.29, 0.717) is 31.3 Å². The Labute approximate surface area is 235 Å². The maximum Gasteiger partial charge on any atom is 0.242 e. The summed E-state index contributed by atoms with van der Waals surface area (Å²) in [5, 5.41) is 14.4. The molecule has 4 N–H and O–H groups in total. The van der Waals surface area contributed by atoms with Crippen molar-refractivity contribution in [3.63, 3.8) is 0 Å². The molecule has 1 aliphatic carbocycles. The number of pyridine rings is 1. The van der Waals surface area contributed by atoms with E-state index in [1.165, 1.54) is 19.4 Å². The van der Waals surface area contributed by atoms with Gasteiger partial charge in [-0.25, -0.2) is 18.1 Å². The number of hydrogen-bond acceptors (Lipinski definition) is 9. The van der Waals surface area contributed by atoms with E-state index in [4.69, 9.17) is 14.2 Å². The van der Waals surface area contributed by atoms with Gasteiger partial charge in [-0.15, -0.1) is 0 Å². The van der Waals surface area contributed by atoms with Crippen molar-refractivity contribution in [1.29, 1.82) is 0 Å². The van der Waals surface area contributed by atoms with Crippen molar-refractivity contribution in [2.45, 2.75) is 35.1 Å². The molecule has 1 amide bonds. The monoisotopic (exact) mass is 576 g/mol. The van der Waals surface area contributed by atoms with Crippen molar-refractivity contribution >= 4 is 44.2 Å². The summed E-state index contributed by atoms with van der Waals surface area (Å²) in [7, 11) is -0.764. The van der Waals surface area contributed by atoms with E-state index >= 15 is 0 Å². The lowest BCUT2D eigenvalue weighted by Crippen LogP contribution is -2.59. The number of ether oxygens (including phenoxy) is 3. The Balaban J connectivity index is 1.14. The van der Waals surface area contributed by atoms with Gasteiger partial charge in [0.15, 0.2) is 17.4 Å². The fraction of sp³-hybridized carbons (Fsp3) is 0.321. The topological polar surface area (TPSA) is 157 Å². The molecule has 12 nitrogen and oxygen atoms in total. The molecular formula is C28H28N6O6S. The molecule has 0 bridgehead atoms. The number of hydrogen-bond donors (Lipinski definition) is 4. The highest BCUT2D eigenvalue weighted by Crippen LogP contribution is 2.65. The van der Waals surface area contributed by atoms with Crippen molar-refractivity contribution in [3.8, 4) is 11.5 Å². The van der Waals surface area contributed by atoms with E-state index in [-0.39, 0.29) is 22.5 Å². The second-order valence-corrected chi connectivity index (χ2v) is 12.7. The minimum atomic E-state index is -3.83. The highest BCUT2D eigenvalue weighted by Gasteiger charge is 2.65. The third-order valence-corrected chi connectivity index (χ3v) is 9.73. The van der Waals surface area contributed by atoms with Crippen LogP contribution in [0.25, 0.3) is 10.9 Å². The fourth-order valence-corrected chi connectivity index (χ4v) is 7.17. The molecule has 41 heavy (non-hydrogen) atoms. The van der Waals surface area contributed by atoms with E-state index in [1.807, 2.05) is 36.4 Å². The maximum absolute atomic E-state index is 13.1. The van der Waals surface area contributed by atoms with Crippen LogP contribution in [-0.2, 0) is 25.0 Å². The van der Waals surface area contributed by atoms with Crippen LogP contribution in [0.5, 0.6) is 11.5 Å². The Bertz CT molecular complexity index is 1840. The lowest BCUT2D eigenvalue weighted by molar-refractivity contribution is -0.118. The van der Waals surface area contributed by atoms with Gasteiger partial charge in [-0.2, -0.15) is 5.10 Å². The average molecular weight is 577 g/mol. The zero-order chi connectivity index (χ0) is 28.6. The zero-order valence-corrected chi connectivity index (χ0v) is 23.4. The number of carbonyl (C=O) groups excluding carboxylic acids is 1. The van der Waals surface area contributed by atoms with Crippen LogP contribution in [0.3, 0.4) is 0 Å². The number of benzene rings is 2. The standard InChI is InChI=1S/C28H28N6O6S/c1-27(13-40-14-27)34-41(36,37)17-10-23(39-3)25(29-12-17)31-24-18-6-4-15(8-22(18)32-33-24)20-11-28(20)19-9-16(38-2)5-7-21(19)30-26(28)35/h4-10,12,20,34H,11,13-14H2,1-3H3,(H,30,35)(H2,29,31,32,33)/t20-,28-/m0/s1. The summed E-state index contributed by atoms with van der Waals surface area (Å²) in [4.78, 5) is 17.4. The van der Waals surface area contributed by atoms with Crippen LogP contribution in [0, 0.1) is 0 Å². The number of aromatic amines is 1. The van der Waals surface area contributed by atoms with Crippen LogP contribution < -0.4 is 24.8 Å². The number of methoxy groups -OCH3 is 2. The van der Waals surface area contributed by atoms with Crippen LogP contribution in [0.4, 0.5) is 17.3 Å². The third kappa shape index (κ3) is 4.03. The van der Waals surface area contributed by atoms with Crippen molar-refractivity contribution in [1.82, 2.24) is 19.9 Å². The molecule has 2 aromatic heterocycles. The number of rotatable bonds is 8. The first-order valence-corrected chi connectivity index (χ1v) is 14.5. The highest BCUT2D eigenvalue weighted by molar-refractivity contribution is 7.89. The zero-order valence-electron chi connectivity index (χ0n) is 22.6. The van der Waals surface area contributed by atoms with Crippen LogP contribution in [0.15, 0.2) is 53.6 Å². The summed E-state index contributed by atoms with van der Waals surface area (Å²) in [6, 6.07) is 13.0. The summed E-state index contributed by atoms with van der Waals surface area (Å²) in [6.45, 7) is 2.40. The average Bonchev–Trinajstić information content (AvgIpc) is 3.50. The third-order valence-electron chi connectivity index (χ3n) is 8.13. The van der Waals surface area contributed by atoms with Gasteiger partial charge in [0.05, 0.1) is 43.9 Å². The van der Waals surface area contributed by atoms with E-state index < -0.39 is 21.0 Å². The summed E-state index contributed by atoms with van der Waals surface area (Å²) in [6.07, 6.45) is 1.98. The molecular weight excluding hydrogens is 548 g/mol. The number of fused-ring (bicyclic) bond motifs is 3. The quantitative estimate of drug-likeness (QED) is 0.247. The van der Waals surface area contributed by atoms with E-state index in [0.717, 1.165) is 33.5 Å². The molecule has 212 valence electrons. The molecule has 4 aromatic rings. The molecule has 2 atom stereocenters. The Morgan fingerprint density at radius 2 is 1.90 bits per heavy atom. The maximum atomic E-state index is 13.1. The van der Waals surface area contributed by atoms with E-state index in [2.05, 4.69) is 30.5 Å². The number of sulfonamides is 1. The van der Waals surface area contributed by atoms with Crippen LogP contribution in [0.1, 0.15) is 30.4 Å². The SMILES string of the molecule is COc1ccc2c(c1)[C@]1(C[C@H]1c1ccc3c(Nc4ncc(S(=O)(=O)NC5(C)COC5)cc4OC)n[nH]c3c1)C(=O)N2. The van der Waals surface area contributed by atoms with Gasteiger partial charge >= 0.3 is 0 Å². The molecule has 1 saturated carbocycles. The van der Waals surface area contributed by atoms with Crippen LogP contribution in [-0.4, -0.2) is 62.5 Å². The lowest BCUT2D eigenvalue weighted by Gasteiger charge is -2.38. The number of nitrogens with zero attached hydrogens (tertiary/aromatic N) is 2. The molecule has 0 radical (unpaired) electrons. The number of carbonyl (C=O) groups is 1. The summed E-state index contributed by atoms with van der Waals surface area (Å²) < 4.78 is 44.4. The largest absolute Gasteiger partial charge is 0.497 e. The minimum Gasteiger partial charge on any atom is -0.497 e. The first kappa shape index (κ1) is 25.7. The summed E-state index contributed by atoms with van der Waals surface area (Å²) in [5.74, 6) is 1.82. The molecule has 4 heterocycles. The molecule has 2 aromatic carbocycles. The number of nitrogens with one attached hydrogen (secondary N) is 4. The van der Waals surface area contributed by atoms with Gasteiger partial charge in [0.2, 0.25) is 15.9 Å². The number of anilines is 3. The minimum absolute atomic E-state index is 0.00627. The van der Waals surface area contributed by atoms with Crippen LogP contribution >= 0.6 is 0 Å². The summed E-state index contributed by atoms with van der Waals surface area (Å²) in [5.41, 5.74) is 2.36. The molecule has 1 spiro atoms. The normalized spacial score (nSPS) is 22.2. The fourth-order valence-electron chi connectivity index (χ4n) is 5.83. The van der Waals surface area contributed by atoms with Crippen LogP contribution in [0.2, 0.25) is 0 Å². The second-order valence-electron chi connectivity index (χ2n) is 11.0. The first-order valence-electron chi connectivity index (χ1n) is 13.1. The second kappa shape index (κ2) is 8.90. The Kier molecular flexibility index (Phi) is 5.59. The van der Waals surface area contributed by atoms with E-state index in [1.54, 1.807) is 14.0 Å². The molecule has 2 fully saturated rings. The number of amides is 1. The van der Waals surface area contributed by atoms with Gasteiger partial charge in [-0.3, -0.25) is 9.89 Å².